The molecule has 0 bridgehead atoms. The largest absolute Gasteiger partial charge is 0.480 e. The Morgan fingerprint density at radius 1 is 1.33 bits per heavy atom. The number of hydrogen-bond acceptors (Lipinski definition) is 3. The zero-order chi connectivity index (χ0) is 10.9. The number of hydrogen-bond donors (Lipinski definition) is 2. The third kappa shape index (κ3) is 2.48. The quantitative estimate of drug-likeness (QED) is 0.755. The van der Waals surface area contributed by atoms with E-state index in [1.54, 1.807) is 11.8 Å². The predicted octanol–water partition coefficient (Wildman–Crippen LogP) is 1.85. The Hall–Kier alpha value is -0.220. The van der Waals surface area contributed by atoms with E-state index in [1.807, 2.05) is 0 Å². The number of rotatable bonds is 5. The van der Waals surface area contributed by atoms with Crippen LogP contribution in [-0.2, 0) is 4.79 Å². The maximum Gasteiger partial charge on any atom is 0.324 e. The van der Waals surface area contributed by atoms with Gasteiger partial charge in [-0.1, -0.05) is 12.8 Å². The monoisotopic (exact) mass is 229 g/mol. The van der Waals surface area contributed by atoms with Crippen LogP contribution < -0.4 is 5.73 Å². The standard InChI is InChI=1S/C11H19NO2S/c12-11(10(13)14,8-5-6-8)7-15-9-3-1-2-4-9/h8-9H,1-7,12H2,(H,13,14). The molecule has 1 unspecified atom stereocenters. The van der Waals surface area contributed by atoms with Crippen molar-refractivity contribution < 1.29 is 9.90 Å². The van der Waals surface area contributed by atoms with Gasteiger partial charge in [-0.2, -0.15) is 11.8 Å². The van der Waals surface area contributed by atoms with Crippen LogP contribution in [0.2, 0.25) is 0 Å². The Kier molecular flexibility index (Phi) is 3.26. The average Bonchev–Trinajstić information content (AvgIpc) is 2.93. The van der Waals surface area contributed by atoms with E-state index in [-0.39, 0.29) is 5.92 Å². The van der Waals surface area contributed by atoms with Crippen LogP contribution in [0.15, 0.2) is 0 Å². The Balaban J connectivity index is 1.86. The molecule has 4 heteroatoms. The van der Waals surface area contributed by atoms with Gasteiger partial charge in [-0.15, -0.1) is 0 Å². The molecule has 0 heterocycles. The first-order chi connectivity index (χ1) is 7.13. The minimum absolute atomic E-state index is 0.226. The topological polar surface area (TPSA) is 63.3 Å². The van der Waals surface area contributed by atoms with Crippen molar-refractivity contribution in [2.45, 2.75) is 49.3 Å². The molecule has 0 aliphatic heterocycles. The van der Waals surface area contributed by atoms with Crippen molar-refractivity contribution in [2.75, 3.05) is 5.75 Å². The van der Waals surface area contributed by atoms with Crippen molar-refractivity contribution >= 4 is 17.7 Å². The maximum absolute atomic E-state index is 11.2. The lowest BCUT2D eigenvalue weighted by molar-refractivity contribution is -0.143. The number of thioether (sulfide) groups is 1. The highest BCUT2D eigenvalue weighted by molar-refractivity contribution is 8.00. The first-order valence-corrected chi connectivity index (χ1v) is 6.81. The van der Waals surface area contributed by atoms with Crippen LogP contribution in [0.5, 0.6) is 0 Å². The second kappa shape index (κ2) is 4.34. The van der Waals surface area contributed by atoms with Gasteiger partial charge in [-0.25, -0.2) is 0 Å². The number of carboxylic acids is 1. The van der Waals surface area contributed by atoms with Crippen molar-refractivity contribution in [3.8, 4) is 0 Å². The summed E-state index contributed by atoms with van der Waals surface area (Å²) in [6, 6.07) is 0. The van der Waals surface area contributed by atoms with Gasteiger partial charge in [0.25, 0.3) is 0 Å². The van der Waals surface area contributed by atoms with Crippen molar-refractivity contribution in [1.82, 2.24) is 0 Å². The minimum atomic E-state index is -0.951. The van der Waals surface area contributed by atoms with Crippen molar-refractivity contribution in [2.24, 2.45) is 11.7 Å². The SMILES string of the molecule is NC(CSC1CCCC1)(C(=O)O)C1CC1. The van der Waals surface area contributed by atoms with Gasteiger partial charge < -0.3 is 10.8 Å². The summed E-state index contributed by atoms with van der Waals surface area (Å²) in [6.45, 7) is 0. The van der Waals surface area contributed by atoms with E-state index in [0.717, 1.165) is 12.8 Å². The fraction of sp³-hybridized carbons (Fsp3) is 0.909. The van der Waals surface area contributed by atoms with Crippen molar-refractivity contribution in [1.29, 1.82) is 0 Å². The summed E-state index contributed by atoms with van der Waals surface area (Å²) in [5.41, 5.74) is 5.05. The van der Waals surface area contributed by atoms with E-state index in [1.165, 1.54) is 25.7 Å². The van der Waals surface area contributed by atoms with E-state index in [4.69, 9.17) is 5.73 Å². The average molecular weight is 229 g/mol. The summed E-state index contributed by atoms with van der Waals surface area (Å²) >= 11 is 1.78. The van der Waals surface area contributed by atoms with Gasteiger partial charge in [0.15, 0.2) is 0 Å². The number of aliphatic carboxylic acids is 1. The maximum atomic E-state index is 11.2. The summed E-state index contributed by atoms with van der Waals surface area (Å²) in [4.78, 5) is 11.2. The molecule has 3 nitrogen and oxygen atoms in total. The molecular formula is C11H19NO2S. The van der Waals surface area contributed by atoms with Crippen LogP contribution in [0.25, 0.3) is 0 Å². The van der Waals surface area contributed by atoms with Crippen LogP contribution in [0.4, 0.5) is 0 Å². The van der Waals surface area contributed by atoms with Gasteiger partial charge in [0.05, 0.1) is 0 Å². The molecule has 0 aromatic rings. The van der Waals surface area contributed by atoms with Gasteiger partial charge in [-0.3, -0.25) is 4.79 Å². The molecule has 0 aromatic carbocycles. The summed E-state index contributed by atoms with van der Waals surface area (Å²) in [5, 5.41) is 9.84. The number of carbonyl (C=O) groups is 1. The smallest absolute Gasteiger partial charge is 0.324 e. The van der Waals surface area contributed by atoms with Gasteiger partial charge in [0.1, 0.15) is 5.54 Å². The van der Waals surface area contributed by atoms with Gasteiger partial charge >= 0.3 is 5.97 Å². The minimum Gasteiger partial charge on any atom is -0.480 e. The van der Waals surface area contributed by atoms with Crippen LogP contribution in [-0.4, -0.2) is 27.6 Å². The zero-order valence-electron chi connectivity index (χ0n) is 8.95. The molecule has 0 spiro atoms. The predicted molar refractivity (Wildman–Crippen MR) is 62.0 cm³/mol. The molecule has 2 fully saturated rings. The molecule has 2 aliphatic carbocycles. The van der Waals surface area contributed by atoms with Gasteiger partial charge in [0, 0.05) is 11.0 Å². The second-order valence-electron chi connectivity index (χ2n) is 4.84. The van der Waals surface area contributed by atoms with Crippen LogP contribution in [0.1, 0.15) is 38.5 Å². The van der Waals surface area contributed by atoms with Crippen LogP contribution in [0.3, 0.4) is 0 Å². The first-order valence-electron chi connectivity index (χ1n) is 5.77. The van der Waals surface area contributed by atoms with E-state index in [9.17, 15) is 9.90 Å². The molecule has 15 heavy (non-hydrogen) atoms. The zero-order valence-corrected chi connectivity index (χ0v) is 9.76. The third-order valence-electron chi connectivity index (χ3n) is 3.56. The third-order valence-corrected chi connectivity index (χ3v) is 5.15. The number of nitrogens with two attached hydrogens (primary N) is 1. The molecule has 0 radical (unpaired) electrons. The second-order valence-corrected chi connectivity index (χ2v) is 6.13. The van der Waals surface area contributed by atoms with Gasteiger partial charge in [0.2, 0.25) is 0 Å². The lowest BCUT2D eigenvalue weighted by Gasteiger charge is -2.25. The molecule has 0 aromatic heterocycles. The van der Waals surface area contributed by atoms with Crippen LogP contribution >= 0.6 is 11.8 Å². The highest BCUT2D eigenvalue weighted by Crippen LogP contribution is 2.42. The van der Waals surface area contributed by atoms with E-state index < -0.39 is 11.5 Å². The Morgan fingerprint density at radius 3 is 2.40 bits per heavy atom. The fourth-order valence-electron chi connectivity index (χ4n) is 2.26. The summed E-state index contributed by atoms with van der Waals surface area (Å²) in [5.74, 6) is 0.0110. The molecule has 3 N–H and O–H groups in total. The van der Waals surface area contributed by atoms with E-state index >= 15 is 0 Å². The molecule has 2 rings (SSSR count). The summed E-state index contributed by atoms with van der Waals surface area (Å²) < 4.78 is 0. The molecule has 2 aliphatic rings. The Bertz CT molecular complexity index is 249. The van der Waals surface area contributed by atoms with Crippen LogP contribution in [0, 0.1) is 5.92 Å². The molecule has 0 amide bonds. The fourth-order valence-corrected chi connectivity index (χ4v) is 3.80. The molecule has 1 atom stereocenters. The molecule has 0 saturated heterocycles. The van der Waals surface area contributed by atoms with Crippen molar-refractivity contribution in [3.05, 3.63) is 0 Å². The number of carboxylic acid groups (broad SMARTS) is 1. The first kappa shape index (κ1) is 11.3. The summed E-state index contributed by atoms with van der Waals surface area (Å²) in [7, 11) is 0. The Labute approximate surface area is 94.8 Å². The highest BCUT2D eigenvalue weighted by atomic mass is 32.2. The highest BCUT2D eigenvalue weighted by Gasteiger charge is 2.48. The van der Waals surface area contributed by atoms with E-state index in [0.29, 0.717) is 11.0 Å². The molecular weight excluding hydrogens is 210 g/mol. The van der Waals surface area contributed by atoms with Gasteiger partial charge in [-0.05, 0) is 31.6 Å². The normalized spacial score (nSPS) is 26.5. The lowest BCUT2D eigenvalue weighted by Crippen LogP contribution is -2.52. The lowest BCUT2D eigenvalue weighted by atomic mass is 9.98. The summed E-state index contributed by atoms with van der Waals surface area (Å²) in [6.07, 6.45) is 7.07. The van der Waals surface area contributed by atoms with E-state index in [2.05, 4.69) is 0 Å². The molecule has 2 saturated carbocycles. The Morgan fingerprint density at radius 2 is 1.93 bits per heavy atom. The van der Waals surface area contributed by atoms with Crippen molar-refractivity contribution in [3.63, 3.8) is 0 Å². The molecule has 86 valence electrons.